The maximum Gasteiger partial charge on any atom is 0.146 e. The molecule has 2 heteroatoms. The van der Waals surface area contributed by atoms with Crippen molar-refractivity contribution >= 4 is 5.69 Å². The molecule has 0 aliphatic carbocycles. The van der Waals surface area contributed by atoms with Gasteiger partial charge in [0.05, 0.1) is 5.69 Å². The van der Waals surface area contributed by atoms with E-state index < -0.39 is 0 Å². The van der Waals surface area contributed by atoms with Gasteiger partial charge in [-0.3, -0.25) is 0 Å². The van der Waals surface area contributed by atoms with E-state index in [2.05, 4.69) is 50.2 Å². The molecule has 1 unspecified atom stereocenters. The van der Waals surface area contributed by atoms with Gasteiger partial charge >= 0.3 is 0 Å². The van der Waals surface area contributed by atoms with E-state index in [-0.39, 0.29) is 11.5 Å². The lowest BCUT2D eigenvalue weighted by Gasteiger charge is -2.13. The van der Waals surface area contributed by atoms with Gasteiger partial charge in [-0.1, -0.05) is 67.1 Å². The van der Waals surface area contributed by atoms with Crippen LogP contribution in [-0.2, 0) is 0 Å². The number of aryl methyl sites for hydroxylation is 1. The Labute approximate surface area is 136 Å². The largest absolute Gasteiger partial charge is 0.396 e. The van der Waals surface area contributed by atoms with E-state index in [1.54, 1.807) is 6.07 Å². The number of hydrogen-bond acceptors (Lipinski definition) is 1. The highest BCUT2D eigenvalue weighted by molar-refractivity contribution is 5.66. The maximum absolute atomic E-state index is 13.6. The molecule has 0 aliphatic heterocycles. The number of halogens is 1. The van der Waals surface area contributed by atoms with Crippen LogP contribution in [0.4, 0.5) is 10.1 Å². The van der Waals surface area contributed by atoms with E-state index in [1.807, 2.05) is 18.2 Å². The second-order valence-electron chi connectivity index (χ2n) is 5.99. The van der Waals surface area contributed by atoms with Gasteiger partial charge in [0, 0.05) is 5.92 Å². The summed E-state index contributed by atoms with van der Waals surface area (Å²) in [5.41, 5.74) is 11.3. The summed E-state index contributed by atoms with van der Waals surface area (Å²) in [4.78, 5) is 0. The highest BCUT2D eigenvalue weighted by atomic mass is 19.1. The monoisotopic (exact) mass is 305 g/mol. The third-order valence-corrected chi connectivity index (χ3v) is 4.32. The molecule has 0 radical (unpaired) electrons. The molecule has 0 fully saturated rings. The molecule has 0 aliphatic rings. The molecule has 0 aromatic heterocycles. The minimum absolute atomic E-state index is 0.179. The molecule has 0 saturated heterocycles. The predicted molar refractivity (Wildman–Crippen MR) is 94.9 cm³/mol. The first kappa shape index (κ1) is 15.3. The quantitative estimate of drug-likeness (QED) is 0.632. The van der Waals surface area contributed by atoms with Crippen molar-refractivity contribution in [1.82, 2.24) is 0 Å². The summed E-state index contributed by atoms with van der Waals surface area (Å²) in [6.07, 6.45) is 0. The van der Waals surface area contributed by atoms with Gasteiger partial charge in [-0.25, -0.2) is 4.39 Å². The number of anilines is 1. The van der Waals surface area contributed by atoms with Crippen LogP contribution in [-0.4, -0.2) is 0 Å². The molecule has 116 valence electrons. The van der Waals surface area contributed by atoms with Crippen molar-refractivity contribution in [3.05, 3.63) is 89.2 Å². The maximum atomic E-state index is 13.6. The van der Waals surface area contributed by atoms with Crippen LogP contribution in [0.1, 0.15) is 29.5 Å². The van der Waals surface area contributed by atoms with Gasteiger partial charge in [0.2, 0.25) is 0 Å². The molecule has 3 aromatic carbocycles. The molecule has 0 heterocycles. The summed E-state index contributed by atoms with van der Waals surface area (Å²) >= 11 is 0. The zero-order valence-corrected chi connectivity index (χ0v) is 13.4. The van der Waals surface area contributed by atoms with Gasteiger partial charge in [-0.2, -0.15) is 0 Å². The van der Waals surface area contributed by atoms with Crippen molar-refractivity contribution in [2.45, 2.75) is 19.8 Å². The van der Waals surface area contributed by atoms with Crippen molar-refractivity contribution in [3.8, 4) is 11.1 Å². The zero-order chi connectivity index (χ0) is 16.4. The van der Waals surface area contributed by atoms with Crippen molar-refractivity contribution in [1.29, 1.82) is 0 Å². The summed E-state index contributed by atoms with van der Waals surface area (Å²) in [5.74, 6) is -0.0487. The Balaban J connectivity index is 1.86. The first-order valence-electron chi connectivity index (χ1n) is 7.76. The molecule has 1 nitrogen and oxygen atoms in total. The number of hydrogen-bond donors (Lipinski definition) is 1. The number of nitrogen functional groups attached to an aromatic ring is 1. The van der Waals surface area contributed by atoms with Gasteiger partial charge < -0.3 is 5.73 Å². The van der Waals surface area contributed by atoms with Crippen LogP contribution >= 0.6 is 0 Å². The lowest BCUT2D eigenvalue weighted by Crippen LogP contribution is -1.96. The van der Waals surface area contributed by atoms with Gasteiger partial charge in [0.15, 0.2) is 0 Å². The first-order chi connectivity index (χ1) is 11.0. The fraction of sp³-hybridized carbons (Fsp3) is 0.143. The molecule has 3 rings (SSSR count). The summed E-state index contributed by atoms with van der Waals surface area (Å²) in [7, 11) is 0. The van der Waals surface area contributed by atoms with Crippen LogP contribution < -0.4 is 5.73 Å². The molecule has 0 spiro atoms. The SMILES string of the molecule is Cc1ccc(C(C)c2ccc(-c3ccc(N)c(F)c3)cc2)cc1. The average molecular weight is 305 g/mol. The minimum atomic E-state index is -0.375. The van der Waals surface area contributed by atoms with Gasteiger partial charge in [-0.15, -0.1) is 0 Å². The Morgan fingerprint density at radius 1 is 0.783 bits per heavy atom. The summed E-state index contributed by atoms with van der Waals surface area (Å²) < 4.78 is 13.6. The van der Waals surface area contributed by atoms with E-state index >= 15 is 0 Å². The van der Waals surface area contributed by atoms with E-state index in [4.69, 9.17) is 5.73 Å². The van der Waals surface area contributed by atoms with Gasteiger partial charge in [0.1, 0.15) is 5.82 Å². The predicted octanol–water partition coefficient (Wildman–Crippen LogP) is 5.54. The Morgan fingerprint density at radius 2 is 1.30 bits per heavy atom. The van der Waals surface area contributed by atoms with Crippen LogP contribution in [0.3, 0.4) is 0 Å². The lowest BCUT2D eigenvalue weighted by molar-refractivity contribution is 0.633. The Kier molecular flexibility index (Phi) is 4.16. The number of benzene rings is 3. The van der Waals surface area contributed by atoms with Crippen LogP contribution in [0, 0.1) is 12.7 Å². The smallest absolute Gasteiger partial charge is 0.146 e. The van der Waals surface area contributed by atoms with E-state index in [9.17, 15) is 4.39 Å². The van der Waals surface area contributed by atoms with E-state index in [0.29, 0.717) is 5.92 Å². The Morgan fingerprint density at radius 3 is 1.87 bits per heavy atom. The average Bonchev–Trinajstić information content (AvgIpc) is 2.57. The highest BCUT2D eigenvalue weighted by Gasteiger charge is 2.09. The fourth-order valence-corrected chi connectivity index (χ4v) is 2.72. The second kappa shape index (κ2) is 6.25. The zero-order valence-electron chi connectivity index (χ0n) is 13.4. The van der Waals surface area contributed by atoms with E-state index in [1.165, 1.54) is 22.8 Å². The topological polar surface area (TPSA) is 26.0 Å². The molecule has 0 amide bonds. The molecular formula is C21H20FN. The van der Waals surface area contributed by atoms with Crippen molar-refractivity contribution in [2.75, 3.05) is 5.73 Å². The van der Waals surface area contributed by atoms with Crippen molar-refractivity contribution in [2.24, 2.45) is 0 Å². The fourth-order valence-electron chi connectivity index (χ4n) is 2.72. The summed E-state index contributed by atoms with van der Waals surface area (Å²) in [6, 6.07) is 21.8. The minimum Gasteiger partial charge on any atom is -0.396 e. The molecular weight excluding hydrogens is 285 g/mol. The third-order valence-electron chi connectivity index (χ3n) is 4.32. The number of nitrogens with two attached hydrogens (primary N) is 1. The molecule has 2 N–H and O–H groups in total. The summed E-state index contributed by atoms with van der Waals surface area (Å²) in [5, 5.41) is 0. The molecule has 3 aromatic rings. The highest BCUT2D eigenvalue weighted by Crippen LogP contribution is 2.28. The van der Waals surface area contributed by atoms with Crippen LogP contribution in [0.2, 0.25) is 0 Å². The first-order valence-corrected chi connectivity index (χ1v) is 7.76. The lowest BCUT2D eigenvalue weighted by atomic mass is 9.91. The van der Waals surface area contributed by atoms with Crippen LogP contribution in [0.15, 0.2) is 66.7 Å². The summed E-state index contributed by atoms with van der Waals surface area (Å²) in [6.45, 7) is 4.29. The normalized spacial score (nSPS) is 12.1. The molecule has 0 bridgehead atoms. The second-order valence-corrected chi connectivity index (χ2v) is 5.99. The van der Waals surface area contributed by atoms with Crippen molar-refractivity contribution in [3.63, 3.8) is 0 Å². The van der Waals surface area contributed by atoms with Crippen LogP contribution in [0.5, 0.6) is 0 Å². The number of rotatable bonds is 3. The van der Waals surface area contributed by atoms with Gasteiger partial charge in [-0.05, 0) is 41.3 Å². The van der Waals surface area contributed by atoms with E-state index in [0.717, 1.165) is 11.1 Å². The van der Waals surface area contributed by atoms with Crippen LogP contribution in [0.25, 0.3) is 11.1 Å². The Bertz CT molecular complexity index is 804. The Hall–Kier alpha value is -2.61. The molecule has 1 atom stereocenters. The van der Waals surface area contributed by atoms with Gasteiger partial charge in [0.25, 0.3) is 0 Å². The standard InChI is InChI=1S/C21H20FN/c1-14-3-5-16(6-4-14)15(2)17-7-9-18(10-8-17)19-11-12-21(23)20(22)13-19/h3-13,15H,23H2,1-2H3. The third kappa shape index (κ3) is 3.26. The van der Waals surface area contributed by atoms with Crippen molar-refractivity contribution < 1.29 is 4.39 Å². The molecule has 23 heavy (non-hydrogen) atoms. The molecule has 0 saturated carbocycles.